The Hall–Kier alpha value is -2.09. The van der Waals surface area contributed by atoms with Gasteiger partial charge >= 0.3 is 5.69 Å². The third-order valence-corrected chi connectivity index (χ3v) is 3.04. The number of nitrogens with zero attached hydrogens (tertiary/aromatic N) is 2. The fraction of sp³-hybridized carbons (Fsp3) is 0.533. The highest BCUT2D eigenvalue weighted by Crippen LogP contribution is 2.27. The van der Waals surface area contributed by atoms with Crippen LogP contribution in [0.2, 0.25) is 0 Å². The van der Waals surface area contributed by atoms with E-state index < -0.39 is 4.92 Å². The maximum absolute atomic E-state index is 10.9. The Morgan fingerprint density at radius 1 is 1.25 bits per heavy atom. The van der Waals surface area contributed by atoms with Crippen LogP contribution in [0.1, 0.15) is 51.0 Å². The molecule has 0 saturated carbocycles. The molecular formula is C15H20N2O3. The molecule has 20 heavy (non-hydrogen) atoms. The van der Waals surface area contributed by atoms with Crippen molar-refractivity contribution in [1.82, 2.24) is 0 Å². The molecule has 1 rings (SSSR count). The summed E-state index contributed by atoms with van der Waals surface area (Å²) in [6.45, 7) is 2.64. The molecule has 0 spiro atoms. The first-order valence-electron chi connectivity index (χ1n) is 7.00. The topological polar surface area (TPSA) is 76.2 Å². The van der Waals surface area contributed by atoms with E-state index in [1.165, 1.54) is 43.9 Å². The van der Waals surface area contributed by atoms with Crippen LogP contribution in [-0.2, 0) is 0 Å². The van der Waals surface area contributed by atoms with Crippen molar-refractivity contribution < 1.29 is 9.66 Å². The Kier molecular flexibility index (Phi) is 7.12. The van der Waals surface area contributed by atoms with Gasteiger partial charge in [0.1, 0.15) is 0 Å². The molecule has 5 nitrogen and oxygen atoms in total. The first-order chi connectivity index (χ1) is 9.69. The zero-order valence-corrected chi connectivity index (χ0v) is 11.8. The number of unbranched alkanes of at least 4 members (excludes halogenated alkanes) is 5. The van der Waals surface area contributed by atoms with E-state index in [2.05, 4.69) is 6.92 Å². The number of hydrogen-bond acceptors (Lipinski definition) is 4. The summed E-state index contributed by atoms with van der Waals surface area (Å²) >= 11 is 0. The van der Waals surface area contributed by atoms with Crippen molar-refractivity contribution in [3.05, 3.63) is 33.9 Å². The highest BCUT2D eigenvalue weighted by molar-refractivity contribution is 5.51. The van der Waals surface area contributed by atoms with Crippen LogP contribution in [0, 0.1) is 21.4 Å². The van der Waals surface area contributed by atoms with Crippen LogP contribution < -0.4 is 4.74 Å². The van der Waals surface area contributed by atoms with Gasteiger partial charge in [-0.2, -0.15) is 5.26 Å². The maximum Gasteiger partial charge on any atom is 0.312 e. The number of nitriles is 1. The van der Waals surface area contributed by atoms with Crippen LogP contribution in [0.4, 0.5) is 5.69 Å². The smallest absolute Gasteiger partial charge is 0.312 e. The number of ether oxygens (including phenoxy) is 1. The summed E-state index contributed by atoms with van der Waals surface area (Å²) in [6, 6.07) is 6.16. The molecule has 0 bridgehead atoms. The lowest BCUT2D eigenvalue weighted by atomic mass is 10.1. The number of nitro groups is 1. The summed E-state index contributed by atoms with van der Waals surface area (Å²) < 4.78 is 5.45. The van der Waals surface area contributed by atoms with Crippen molar-refractivity contribution in [2.45, 2.75) is 45.4 Å². The quantitative estimate of drug-likeness (QED) is 0.384. The molecule has 0 N–H and O–H groups in total. The summed E-state index contributed by atoms with van der Waals surface area (Å²) in [5, 5.41) is 19.7. The predicted octanol–water partition coefficient (Wildman–Crippen LogP) is 4.21. The van der Waals surface area contributed by atoms with Gasteiger partial charge in [-0.1, -0.05) is 39.0 Å². The molecule has 1 aromatic rings. The molecule has 1 aromatic carbocycles. The molecule has 0 aliphatic carbocycles. The van der Waals surface area contributed by atoms with Gasteiger partial charge in [-0.05, 0) is 18.6 Å². The molecule has 108 valence electrons. The molecule has 0 unspecified atom stereocenters. The van der Waals surface area contributed by atoms with E-state index in [9.17, 15) is 10.1 Å². The normalized spacial score (nSPS) is 10.0. The Bertz CT molecular complexity index is 480. The second-order valence-electron chi connectivity index (χ2n) is 4.67. The van der Waals surface area contributed by atoms with E-state index in [0.717, 1.165) is 12.8 Å². The first-order valence-corrected chi connectivity index (χ1v) is 7.00. The summed E-state index contributed by atoms with van der Waals surface area (Å²) in [4.78, 5) is 10.4. The van der Waals surface area contributed by atoms with Crippen molar-refractivity contribution >= 4 is 5.69 Å². The van der Waals surface area contributed by atoms with Gasteiger partial charge < -0.3 is 4.74 Å². The molecule has 0 aliphatic heterocycles. The van der Waals surface area contributed by atoms with E-state index >= 15 is 0 Å². The number of nitro benzene ring substituents is 1. The van der Waals surface area contributed by atoms with Crippen molar-refractivity contribution in [2.24, 2.45) is 0 Å². The van der Waals surface area contributed by atoms with Crippen LogP contribution >= 0.6 is 0 Å². The third-order valence-electron chi connectivity index (χ3n) is 3.04. The Morgan fingerprint density at radius 2 is 1.95 bits per heavy atom. The average Bonchev–Trinajstić information content (AvgIpc) is 2.46. The maximum atomic E-state index is 10.9. The molecule has 0 fully saturated rings. The van der Waals surface area contributed by atoms with Gasteiger partial charge in [0.05, 0.1) is 23.2 Å². The minimum Gasteiger partial charge on any atom is -0.487 e. The first kappa shape index (κ1) is 16.0. The van der Waals surface area contributed by atoms with Gasteiger partial charge in [0, 0.05) is 6.07 Å². The fourth-order valence-electron chi connectivity index (χ4n) is 1.92. The van der Waals surface area contributed by atoms with E-state index in [1.807, 2.05) is 6.07 Å². The monoisotopic (exact) mass is 276 g/mol. The van der Waals surface area contributed by atoms with E-state index in [-0.39, 0.29) is 17.0 Å². The molecule has 0 heterocycles. The van der Waals surface area contributed by atoms with Crippen LogP contribution in [0.3, 0.4) is 0 Å². The SMILES string of the molecule is CCCCCCCCOc1ccc(C#N)cc1[N+](=O)[O-]. The van der Waals surface area contributed by atoms with Gasteiger partial charge in [-0.15, -0.1) is 0 Å². The molecule has 0 atom stereocenters. The second kappa shape index (κ2) is 8.92. The predicted molar refractivity (Wildman–Crippen MR) is 76.7 cm³/mol. The van der Waals surface area contributed by atoms with Crippen LogP contribution in [0.5, 0.6) is 5.75 Å². The number of hydrogen-bond donors (Lipinski definition) is 0. The van der Waals surface area contributed by atoms with Gasteiger partial charge in [0.25, 0.3) is 0 Å². The van der Waals surface area contributed by atoms with Crippen molar-refractivity contribution in [2.75, 3.05) is 6.61 Å². The van der Waals surface area contributed by atoms with E-state index in [4.69, 9.17) is 10.00 Å². The van der Waals surface area contributed by atoms with Gasteiger partial charge in [0.2, 0.25) is 0 Å². The molecule has 0 aliphatic rings. The lowest BCUT2D eigenvalue weighted by Crippen LogP contribution is -2.01. The molecular weight excluding hydrogens is 256 g/mol. The number of benzene rings is 1. The molecule has 0 amide bonds. The van der Waals surface area contributed by atoms with Crippen molar-refractivity contribution in [3.8, 4) is 11.8 Å². The van der Waals surface area contributed by atoms with Crippen molar-refractivity contribution in [3.63, 3.8) is 0 Å². The van der Waals surface area contributed by atoms with Gasteiger partial charge in [0.15, 0.2) is 5.75 Å². The Morgan fingerprint density at radius 3 is 2.60 bits per heavy atom. The Labute approximate surface area is 119 Å². The molecule has 5 heteroatoms. The number of rotatable bonds is 9. The second-order valence-corrected chi connectivity index (χ2v) is 4.67. The van der Waals surface area contributed by atoms with Crippen LogP contribution in [0.25, 0.3) is 0 Å². The standard InChI is InChI=1S/C15H20N2O3/c1-2-3-4-5-6-7-10-20-15-9-8-13(12-16)11-14(15)17(18)19/h8-9,11H,2-7,10H2,1H3. The van der Waals surface area contributed by atoms with Gasteiger partial charge in [-0.3, -0.25) is 10.1 Å². The van der Waals surface area contributed by atoms with Gasteiger partial charge in [-0.25, -0.2) is 0 Å². The lowest BCUT2D eigenvalue weighted by molar-refractivity contribution is -0.385. The Balaban J connectivity index is 2.44. The third kappa shape index (κ3) is 5.27. The summed E-state index contributed by atoms with van der Waals surface area (Å²) in [7, 11) is 0. The summed E-state index contributed by atoms with van der Waals surface area (Å²) in [5.41, 5.74) is 0.124. The van der Waals surface area contributed by atoms with Crippen LogP contribution in [0.15, 0.2) is 18.2 Å². The molecule has 0 radical (unpaired) electrons. The lowest BCUT2D eigenvalue weighted by Gasteiger charge is -2.06. The average molecular weight is 276 g/mol. The highest BCUT2D eigenvalue weighted by Gasteiger charge is 2.15. The minimum absolute atomic E-state index is 0.143. The zero-order valence-electron chi connectivity index (χ0n) is 11.8. The molecule has 0 aromatic heterocycles. The van der Waals surface area contributed by atoms with Crippen LogP contribution in [-0.4, -0.2) is 11.5 Å². The molecule has 0 saturated heterocycles. The fourth-order valence-corrected chi connectivity index (χ4v) is 1.92. The summed E-state index contributed by atoms with van der Waals surface area (Å²) in [6.07, 6.45) is 6.83. The largest absolute Gasteiger partial charge is 0.487 e. The van der Waals surface area contributed by atoms with E-state index in [0.29, 0.717) is 6.61 Å². The van der Waals surface area contributed by atoms with E-state index in [1.54, 1.807) is 0 Å². The highest BCUT2D eigenvalue weighted by atomic mass is 16.6. The minimum atomic E-state index is -0.516. The van der Waals surface area contributed by atoms with Crippen molar-refractivity contribution in [1.29, 1.82) is 5.26 Å². The zero-order chi connectivity index (χ0) is 14.8. The summed E-state index contributed by atoms with van der Waals surface area (Å²) in [5.74, 6) is 0.238.